The number of nitrogens with zero attached hydrogens (tertiary/aromatic N) is 1. The molecule has 0 spiro atoms. The Morgan fingerprint density at radius 3 is 2.39 bits per heavy atom. The Morgan fingerprint density at radius 2 is 1.83 bits per heavy atom. The van der Waals surface area contributed by atoms with Crippen LogP contribution in [0.4, 0.5) is 0 Å². The Hall–Kier alpha value is -0.0900. The zero-order valence-corrected chi connectivity index (χ0v) is 13.3. The van der Waals surface area contributed by atoms with Gasteiger partial charge in [0.05, 0.1) is 0 Å². The largest absolute Gasteiger partial charge is 0.319 e. The first-order valence-electron chi connectivity index (χ1n) is 6.39. The molecule has 1 aromatic carbocycles. The van der Waals surface area contributed by atoms with Crippen LogP contribution in [0.25, 0.3) is 0 Å². The number of halogens is 2. The normalized spacial score (nSPS) is 17.4. The van der Waals surface area contributed by atoms with Crippen LogP contribution >= 0.6 is 28.3 Å². The van der Waals surface area contributed by atoms with Crippen LogP contribution in [0.3, 0.4) is 0 Å². The maximum Gasteiger partial charge on any atom is 0.0233 e. The molecule has 1 heterocycles. The van der Waals surface area contributed by atoms with Crippen molar-refractivity contribution in [3.8, 4) is 0 Å². The summed E-state index contributed by atoms with van der Waals surface area (Å²) in [6.45, 7) is 4.75. The van der Waals surface area contributed by atoms with E-state index in [1.54, 1.807) is 0 Å². The number of likely N-dealkylation sites (tertiary alicyclic amines) is 1. The highest BCUT2D eigenvalue weighted by atomic mass is 79.9. The molecule has 0 unspecified atom stereocenters. The highest BCUT2D eigenvalue weighted by Gasteiger charge is 2.18. The van der Waals surface area contributed by atoms with Gasteiger partial charge in [-0.05, 0) is 63.1 Å². The van der Waals surface area contributed by atoms with Crippen LogP contribution in [0, 0.1) is 5.92 Å². The van der Waals surface area contributed by atoms with Crippen molar-refractivity contribution in [2.24, 2.45) is 5.92 Å². The number of hydrogen-bond acceptors (Lipinski definition) is 2. The molecule has 0 bridgehead atoms. The highest BCUT2D eigenvalue weighted by molar-refractivity contribution is 9.10. The fraction of sp³-hybridized carbons (Fsp3) is 0.571. The predicted octanol–water partition coefficient (Wildman–Crippen LogP) is 3.30. The molecule has 0 radical (unpaired) electrons. The molecule has 18 heavy (non-hydrogen) atoms. The molecule has 1 aliphatic rings. The first-order chi connectivity index (χ1) is 8.28. The van der Waals surface area contributed by atoms with Gasteiger partial charge in [-0.1, -0.05) is 28.1 Å². The summed E-state index contributed by atoms with van der Waals surface area (Å²) in [6, 6.07) is 8.68. The first-order valence-corrected chi connectivity index (χ1v) is 7.18. The lowest BCUT2D eigenvalue weighted by Crippen LogP contribution is -2.36. The van der Waals surface area contributed by atoms with Crippen LogP contribution in [0.2, 0.25) is 0 Å². The van der Waals surface area contributed by atoms with Gasteiger partial charge in [-0.25, -0.2) is 0 Å². The van der Waals surface area contributed by atoms with E-state index in [9.17, 15) is 0 Å². The lowest BCUT2D eigenvalue weighted by Gasteiger charge is -2.31. The Bertz CT molecular complexity index is 334. The minimum Gasteiger partial charge on any atom is -0.319 e. The van der Waals surface area contributed by atoms with E-state index in [0.29, 0.717) is 0 Å². The molecule has 1 fully saturated rings. The number of nitrogens with one attached hydrogen (secondary N) is 1. The van der Waals surface area contributed by atoms with E-state index in [1.165, 1.54) is 38.0 Å². The fourth-order valence-electron chi connectivity index (χ4n) is 2.49. The number of benzene rings is 1. The first kappa shape index (κ1) is 16.0. The second-order valence-corrected chi connectivity index (χ2v) is 5.82. The Kier molecular flexibility index (Phi) is 7.23. The van der Waals surface area contributed by atoms with Gasteiger partial charge < -0.3 is 5.32 Å². The molecule has 0 saturated carbocycles. The van der Waals surface area contributed by atoms with Crippen LogP contribution in [0.15, 0.2) is 28.7 Å². The summed E-state index contributed by atoms with van der Waals surface area (Å²) in [5, 5.41) is 3.28. The maximum atomic E-state index is 3.48. The third kappa shape index (κ3) is 4.88. The number of hydrogen-bond donors (Lipinski definition) is 1. The van der Waals surface area contributed by atoms with Gasteiger partial charge in [-0.15, -0.1) is 12.4 Å². The molecule has 0 amide bonds. The standard InChI is InChI=1S/C14H21BrN2.ClH/c1-16-10-12-6-8-17(9-7-12)11-13-2-4-14(15)5-3-13;/h2-5,12,16H,6-11H2,1H3;1H. The summed E-state index contributed by atoms with van der Waals surface area (Å²) in [5.41, 5.74) is 1.42. The molecule has 1 aromatic rings. The van der Waals surface area contributed by atoms with Crippen molar-refractivity contribution in [1.29, 1.82) is 0 Å². The summed E-state index contributed by atoms with van der Waals surface area (Å²) in [5.74, 6) is 0.876. The second kappa shape index (κ2) is 8.16. The van der Waals surface area contributed by atoms with Gasteiger partial charge in [0.15, 0.2) is 0 Å². The lowest BCUT2D eigenvalue weighted by atomic mass is 9.96. The molecule has 0 atom stereocenters. The van der Waals surface area contributed by atoms with Crippen LogP contribution in [0.5, 0.6) is 0 Å². The van der Waals surface area contributed by atoms with Gasteiger partial charge in [0, 0.05) is 11.0 Å². The minimum absolute atomic E-state index is 0. The molecule has 1 saturated heterocycles. The van der Waals surface area contributed by atoms with Crippen molar-refractivity contribution in [2.45, 2.75) is 19.4 Å². The zero-order valence-electron chi connectivity index (χ0n) is 10.9. The Labute approximate surface area is 125 Å². The molecular weight excluding hydrogens is 312 g/mol. The molecule has 0 aliphatic carbocycles. The summed E-state index contributed by atoms with van der Waals surface area (Å²) in [6.07, 6.45) is 2.66. The van der Waals surface area contributed by atoms with Crippen molar-refractivity contribution in [3.05, 3.63) is 34.3 Å². The monoisotopic (exact) mass is 332 g/mol. The van der Waals surface area contributed by atoms with E-state index in [0.717, 1.165) is 16.9 Å². The summed E-state index contributed by atoms with van der Waals surface area (Å²) in [7, 11) is 2.05. The van der Waals surface area contributed by atoms with Crippen molar-refractivity contribution in [3.63, 3.8) is 0 Å². The molecular formula is C14H22BrClN2. The van der Waals surface area contributed by atoms with E-state index < -0.39 is 0 Å². The summed E-state index contributed by atoms with van der Waals surface area (Å²) in [4.78, 5) is 2.56. The Morgan fingerprint density at radius 1 is 1.22 bits per heavy atom. The molecule has 2 nitrogen and oxygen atoms in total. The molecule has 1 aliphatic heterocycles. The van der Waals surface area contributed by atoms with E-state index in [4.69, 9.17) is 0 Å². The predicted molar refractivity (Wildman–Crippen MR) is 83.3 cm³/mol. The van der Waals surface area contributed by atoms with E-state index in [-0.39, 0.29) is 12.4 Å². The highest BCUT2D eigenvalue weighted by Crippen LogP contribution is 2.19. The SMILES string of the molecule is CNCC1CCN(Cc2ccc(Br)cc2)CC1.Cl. The van der Waals surface area contributed by atoms with Gasteiger partial charge >= 0.3 is 0 Å². The average molecular weight is 334 g/mol. The Balaban J connectivity index is 0.00000162. The topological polar surface area (TPSA) is 15.3 Å². The van der Waals surface area contributed by atoms with Crippen LogP contribution in [-0.4, -0.2) is 31.6 Å². The van der Waals surface area contributed by atoms with Crippen molar-refractivity contribution in [1.82, 2.24) is 10.2 Å². The van der Waals surface area contributed by atoms with Crippen LogP contribution in [0.1, 0.15) is 18.4 Å². The minimum atomic E-state index is 0. The van der Waals surface area contributed by atoms with Gasteiger partial charge in [-0.2, -0.15) is 0 Å². The van der Waals surface area contributed by atoms with Gasteiger partial charge in [0.25, 0.3) is 0 Å². The third-order valence-corrected chi connectivity index (χ3v) is 4.05. The van der Waals surface area contributed by atoms with Crippen molar-refractivity contribution in [2.75, 3.05) is 26.7 Å². The van der Waals surface area contributed by atoms with Gasteiger partial charge in [-0.3, -0.25) is 4.90 Å². The van der Waals surface area contributed by atoms with Crippen molar-refractivity contribution >= 4 is 28.3 Å². The molecule has 2 rings (SSSR count). The third-order valence-electron chi connectivity index (χ3n) is 3.52. The second-order valence-electron chi connectivity index (χ2n) is 4.90. The van der Waals surface area contributed by atoms with Gasteiger partial charge in [0.2, 0.25) is 0 Å². The van der Waals surface area contributed by atoms with Crippen LogP contribution in [-0.2, 0) is 6.54 Å². The number of rotatable bonds is 4. The smallest absolute Gasteiger partial charge is 0.0233 e. The van der Waals surface area contributed by atoms with E-state index in [1.807, 2.05) is 7.05 Å². The molecule has 4 heteroatoms. The fourth-order valence-corrected chi connectivity index (χ4v) is 2.75. The number of piperidine rings is 1. The van der Waals surface area contributed by atoms with Crippen molar-refractivity contribution < 1.29 is 0 Å². The quantitative estimate of drug-likeness (QED) is 0.909. The molecule has 1 N–H and O–H groups in total. The van der Waals surface area contributed by atoms with Gasteiger partial charge in [0.1, 0.15) is 0 Å². The van der Waals surface area contributed by atoms with Crippen LogP contribution < -0.4 is 5.32 Å². The summed E-state index contributed by atoms with van der Waals surface area (Å²) >= 11 is 3.48. The summed E-state index contributed by atoms with van der Waals surface area (Å²) < 4.78 is 1.16. The van der Waals surface area contributed by atoms with E-state index >= 15 is 0 Å². The zero-order chi connectivity index (χ0) is 12.1. The average Bonchev–Trinajstić information content (AvgIpc) is 2.35. The van der Waals surface area contributed by atoms with E-state index in [2.05, 4.69) is 50.4 Å². The molecule has 0 aromatic heterocycles. The maximum absolute atomic E-state index is 3.48. The lowest BCUT2D eigenvalue weighted by molar-refractivity contribution is 0.177. The molecule has 102 valence electrons.